The fraction of sp³-hybridized carbons (Fsp3) is 0.405. The third-order valence-electron chi connectivity index (χ3n) is 7.68. The van der Waals surface area contributed by atoms with Crippen molar-refractivity contribution < 1.29 is 19.1 Å². The van der Waals surface area contributed by atoms with Gasteiger partial charge in [-0.2, -0.15) is 0 Å². The highest BCUT2D eigenvalue weighted by Gasteiger charge is 2.17. The monoisotopic (exact) mass is 657 g/mol. The molecule has 48 heavy (non-hydrogen) atoms. The molecule has 0 aliphatic carbocycles. The van der Waals surface area contributed by atoms with Crippen LogP contribution in [0.25, 0.3) is 11.3 Å². The van der Waals surface area contributed by atoms with Crippen molar-refractivity contribution in [3.8, 4) is 23.0 Å². The largest absolute Gasteiger partial charge is 0.481 e. The molecule has 0 aliphatic rings. The molecule has 0 bridgehead atoms. The molecule has 4 aromatic rings. The number of ether oxygens (including phenoxy) is 2. The van der Waals surface area contributed by atoms with Crippen molar-refractivity contribution in [1.82, 2.24) is 29.7 Å². The highest BCUT2D eigenvalue weighted by molar-refractivity contribution is 6.01. The number of hydrogen-bond acceptors (Lipinski definition) is 8. The van der Waals surface area contributed by atoms with Crippen molar-refractivity contribution in [2.45, 2.75) is 73.4 Å². The van der Waals surface area contributed by atoms with E-state index in [-0.39, 0.29) is 25.4 Å². The normalized spacial score (nSPS) is 11.2. The van der Waals surface area contributed by atoms with Crippen molar-refractivity contribution >= 4 is 18.7 Å². The van der Waals surface area contributed by atoms with E-state index in [2.05, 4.69) is 43.7 Å². The Balaban J connectivity index is 0.000000442. The number of nitrogens with one attached hydrogen (secondary N) is 1. The first-order valence-corrected chi connectivity index (χ1v) is 15.9. The lowest BCUT2D eigenvalue weighted by molar-refractivity contribution is -0.116. The first kappa shape index (κ1) is 39.1. The SMILES string of the molecule is C.CCc1ccccc1C(=O)N(C=O)CCCCN(C=NC(C)c1ccc(OC)nc1)C(C)C.COc1ccc(-c2nc[nH]c2C)cn1. The van der Waals surface area contributed by atoms with Gasteiger partial charge in [0.2, 0.25) is 18.2 Å². The number of benzene rings is 1. The smallest absolute Gasteiger partial charge is 0.260 e. The summed E-state index contributed by atoms with van der Waals surface area (Å²) in [7, 11) is 3.19. The average Bonchev–Trinajstić information content (AvgIpc) is 3.54. The van der Waals surface area contributed by atoms with Gasteiger partial charge in [-0.1, -0.05) is 32.5 Å². The molecule has 3 heterocycles. The summed E-state index contributed by atoms with van der Waals surface area (Å²) in [5.41, 5.74) is 5.53. The maximum Gasteiger partial charge on any atom is 0.260 e. The van der Waals surface area contributed by atoms with E-state index in [1.54, 1.807) is 39.0 Å². The number of imidazole rings is 1. The van der Waals surface area contributed by atoms with E-state index in [0.29, 0.717) is 30.3 Å². The fourth-order valence-corrected chi connectivity index (χ4v) is 4.74. The zero-order chi connectivity index (χ0) is 34.2. The van der Waals surface area contributed by atoms with Gasteiger partial charge in [0, 0.05) is 60.5 Å². The van der Waals surface area contributed by atoms with Crippen LogP contribution in [0.15, 0.2) is 72.2 Å². The zero-order valence-electron chi connectivity index (χ0n) is 28.5. The van der Waals surface area contributed by atoms with E-state index in [0.717, 1.165) is 53.9 Å². The number of pyridine rings is 2. The molecule has 11 nitrogen and oxygen atoms in total. The summed E-state index contributed by atoms with van der Waals surface area (Å²) >= 11 is 0. The minimum Gasteiger partial charge on any atom is -0.481 e. The third-order valence-corrected chi connectivity index (χ3v) is 7.68. The van der Waals surface area contributed by atoms with Crippen LogP contribution in [-0.4, -0.2) is 81.7 Å². The number of amides is 2. The van der Waals surface area contributed by atoms with Gasteiger partial charge in [0.15, 0.2) is 0 Å². The van der Waals surface area contributed by atoms with Gasteiger partial charge in [-0.3, -0.25) is 19.5 Å². The van der Waals surface area contributed by atoms with Gasteiger partial charge in [-0.15, -0.1) is 0 Å². The van der Waals surface area contributed by atoms with Crippen LogP contribution in [0, 0.1) is 6.92 Å². The molecule has 0 aliphatic heterocycles. The number of nitrogens with zero attached hydrogens (tertiary/aromatic N) is 6. The van der Waals surface area contributed by atoms with Crippen molar-refractivity contribution in [1.29, 1.82) is 0 Å². The molecule has 0 radical (unpaired) electrons. The van der Waals surface area contributed by atoms with Gasteiger partial charge in [-0.25, -0.2) is 15.0 Å². The topological polar surface area (TPSA) is 126 Å². The fourth-order valence-electron chi connectivity index (χ4n) is 4.74. The van der Waals surface area contributed by atoms with Crippen molar-refractivity contribution in [3.63, 3.8) is 0 Å². The van der Waals surface area contributed by atoms with E-state index in [9.17, 15) is 9.59 Å². The maximum absolute atomic E-state index is 12.8. The van der Waals surface area contributed by atoms with E-state index in [4.69, 9.17) is 9.47 Å². The van der Waals surface area contributed by atoms with Gasteiger partial charge in [-0.05, 0) is 76.3 Å². The Bertz CT molecular complexity index is 1550. The molecule has 1 unspecified atom stereocenters. The number of imide groups is 1. The molecule has 2 amide bonds. The Labute approximate surface area is 285 Å². The number of aliphatic imine (C=N–C) groups is 1. The van der Waals surface area contributed by atoms with Crippen LogP contribution in [0.1, 0.15) is 81.2 Å². The summed E-state index contributed by atoms with van der Waals surface area (Å²) in [5, 5.41) is 0. The van der Waals surface area contributed by atoms with Crippen molar-refractivity contribution in [3.05, 3.63) is 89.6 Å². The van der Waals surface area contributed by atoms with Gasteiger partial charge >= 0.3 is 0 Å². The number of aromatic nitrogens is 4. The summed E-state index contributed by atoms with van der Waals surface area (Å²) in [5.74, 6) is 0.966. The molecule has 0 saturated heterocycles. The number of carbonyl (C=O) groups is 2. The molecule has 3 aromatic heterocycles. The van der Waals surface area contributed by atoms with Crippen LogP contribution in [0.2, 0.25) is 0 Å². The molecule has 258 valence electrons. The van der Waals surface area contributed by atoms with Crippen LogP contribution in [0.5, 0.6) is 11.8 Å². The van der Waals surface area contributed by atoms with E-state index in [1.165, 1.54) is 4.90 Å². The van der Waals surface area contributed by atoms with Crippen LogP contribution in [0.3, 0.4) is 0 Å². The quantitative estimate of drug-likeness (QED) is 0.0630. The predicted octanol–water partition coefficient (Wildman–Crippen LogP) is 6.96. The lowest BCUT2D eigenvalue weighted by Crippen LogP contribution is -2.33. The number of hydrogen-bond donors (Lipinski definition) is 1. The minimum atomic E-state index is -0.230. The van der Waals surface area contributed by atoms with Crippen LogP contribution in [0.4, 0.5) is 0 Å². The van der Waals surface area contributed by atoms with Gasteiger partial charge < -0.3 is 19.4 Å². The minimum absolute atomic E-state index is 0. The number of unbranched alkanes of at least 4 members (excludes halogenated alkanes) is 1. The molecule has 0 spiro atoms. The number of aryl methyl sites for hydroxylation is 2. The molecule has 11 heteroatoms. The summed E-state index contributed by atoms with van der Waals surface area (Å²) in [4.78, 5) is 48.1. The Morgan fingerprint density at radius 3 is 2.15 bits per heavy atom. The highest BCUT2D eigenvalue weighted by Crippen LogP contribution is 2.20. The first-order valence-electron chi connectivity index (χ1n) is 15.9. The number of carbonyl (C=O) groups excluding carboxylic acids is 2. The first-order chi connectivity index (χ1) is 22.7. The molecule has 1 atom stereocenters. The molecule has 4 rings (SSSR count). The van der Waals surface area contributed by atoms with E-state index in [1.807, 2.05) is 69.6 Å². The Kier molecular flexibility index (Phi) is 16.5. The Hall–Kier alpha value is -5.06. The third kappa shape index (κ3) is 11.3. The summed E-state index contributed by atoms with van der Waals surface area (Å²) in [6.07, 6.45) is 10.1. The number of H-pyrrole nitrogens is 1. The van der Waals surface area contributed by atoms with Gasteiger partial charge in [0.05, 0.1) is 38.6 Å². The number of methoxy groups -OCH3 is 2. The van der Waals surface area contributed by atoms with Crippen LogP contribution >= 0.6 is 0 Å². The molecule has 1 N–H and O–H groups in total. The van der Waals surface area contributed by atoms with E-state index >= 15 is 0 Å². The standard InChI is InChI=1S/C26H36N4O3.C10H11N3O.CH4/c1-6-22-11-7-8-12-24(22)26(32)30(19-31)16-10-9-15-29(20(2)3)18-28-21(4)23-13-14-25(33-5)27-17-23;1-7-10(13-6-12-7)8-3-4-9(14-2)11-5-8;/h7-8,11-14,17-21H,6,9-10,15-16H2,1-5H3;3-6H,1-2H3,(H,12,13);1H4. The second-order valence-corrected chi connectivity index (χ2v) is 11.2. The molecule has 1 aromatic carbocycles. The van der Waals surface area contributed by atoms with Gasteiger partial charge in [0.1, 0.15) is 0 Å². The van der Waals surface area contributed by atoms with Gasteiger partial charge in [0.25, 0.3) is 5.91 Å². The maximum atomic E-state index is 12.8. The number of aromatic amines is 1. The number of rotatable bonds is 15. The summed E-state index contributed by atoms with van der Waals surface area (Å²) in [6, 6.07) is 15.3. The summed E-state index contributed by atoms with van der Waals surface area (Å²) in [6.45, 7) is 11.4. The second kappa shape index (κ2) is 20.2. The van der Waals surface area contributed by atoms with Crippen molar-refractivity contribution in [2.24, 2.45) is 4.99 Å². The predicted molar refractivity (Wildman–Crippen MR) is 192 cm³/mol. The molecular weight excluding hydrogens is 606 g/mol. The lowest BCUT2D eigenvalue weighted by atomic mass is 10.0. The Morgan fingerprint density at radius 2 is 1.60 bits per heavy atom. The van der Waals surface area contributed by atoms with E-state index < -0.39 is 0 Å². The van der Waals surface area contributed by atoms with Crippen LogP contribution in [-0.2, 0) is 11.2 Å². The lowest BCUT2D eigenvalue weighted by Gasteiger charge is -2.25. The molecular formula is C37H51N7O4. The second-order valence-electron chi connectivity index (χ2n) is 11.2. The average molecular weight is 658 g/mol. The Morgan fingerprint density at radius 1 is 0.938 bits per heavy atom. The highest BCUT2D eigenvalue weighted by atomic mass is 16.5. The van der Waals surface area contributed by atoms with Crippen LogP contribution < -0.4 is 9.47 Å². The summed E-state index contributed by atoms with van der Waals surface area (Å²) < 4.78 is 10.1. The molecule has 0 saturated carbocycles. The zero-order valence-corrected chi connectivity index (χ0v) is 28.5. The molecule has 0 fully saturated rings. The van der Waals surface area contributed by atoms with Crippen molar-refractivity contribution in [2.75, 3.05) is 27.3 Å².